The first-order chi connectivity index (χ1) is 10.2. The molecule has 0 N–H and O–H groups in total. The molecule has 0 unspecified atom stereocenters. The summed E-state index contributed by atoms with van der Waals surface area (Å²) in [6.07, 6.45) is 6.37. The molecule has 0 bridgehead atoms. The third-order valence-corrected chi connectivity index (χ3v) is 4.44. The van der Waals surface area contributed by atoms with Crippen LogP contribution in [0, 0.1) is 0 Å². The molecule has 2 saturated heterocycles. The monoisotopic (exact) mass is 296 g/mol. The average Bonchev–Trinajstić information content (AvgIpc) is 2.50. The normalized spacial score (nSPS) is 20.9. The van der Waals surface area contributed by atoms with Crippen molar-refractivity contribution in [2.24, 2.45) is 0 Å². The van der Waals surface area contributed by atoms with Gasteiger partial charge in [-0.05, 0) is 39.0 Å². The zero-order chi connectivity index (χ0) is 15.1. The van der Waals surface area contributed by atoms with E-state index in [0.717, 1.165) is 64.9 Å². The molecule has 0 aromatic heterocycles. The van der Waals surface area contributed by atoms with Gasteiger partial charge in [0, 0.05) is 45.6 Å². The predicted molar refractivity (Wildman–Crippen MR) is 80.9 cm³/mol. The standard InChI is InChI=1S/C16H28N2O3/c1-2-21-14-8-12-18(13-9-14)16(20)7-5-11-17-10-4-3-6-15(17)19/h14H,2-13H2,1H3. The fraction of sp³-hybridized carbons (Fsp3) is 0.875. The second-order valence-corrected chi connectivity index (χ2v) is 5.98. The van der Waals surface area contributed by atoms with Gasteiger partial charge in [0.05, 0.1) is 6.10 Å². The molecule has 0 radical (unpaired) electrons. The van der Waals surface area contributed by atoms with E-state index in [0.29, 0.717) is 18.9 Å². The molecule has 0 aromatic carbocycles. The van der Waals surface area contributed by atoms with Gasteiger partial charge in [0.15, 0.2) is 0 Å². The van der Waals surface area contributed by atoms with Crippen LogP contribution in [0.25, 0.3) is 0 Å². The lowest BCUT2D eigenvalue weighted by Gasteiger charge is -2.32. The van der Waals surface area contributed by atoms with E-state index in [2.05, 4.69) is 0 Å². The maximum atomic E-state index is 12.2. The number of hydrogen-bond donors (Lipinski definition) is 0. The number of hydrogen-bond acceptors (Lipinski definition) is 3. The second-order valence-electron chi connectivity index (χ2n) is 5.98. The number of nitrogens with zero attached hydrogens (tertiary/aromatic N) is 2. The van der Waals surface area contributed by atoms with Gasteiger partial charge in [0.1, 0.15) is 0 Å². The van der Waals surface area contributed by atoms with Crippen molar-refractivity contribution in [3.05, 3.63) is 0 Å². The molecule has 0 aliphatic carbocycles. The number of amides is 2. The molecule has 21 heavy (non-hydrogen) atoms. The Balaban J connectivity index is 1.62. The molecular weight excluding hydrogens is 268 g/mol. The Morgan fingerprint density at radius 2 is 2.00 bits per heavy atom. The van der Waals surface area contributed by atoms with Gasteiger partial charge in [0.25, 0.3) is 0 Å². The van der Waals surface area contributed by atoms with Gasteiger partial charge in [-0.3, -0.25) is 9.59 Å². The van der Waals surface area contributed by atoms with E-state index in [1.165, 1.54) is 0 Å². The minimum atomic E-state index is 0.231. The van der Waals surface area contributed by atoms with Gasteiger partial charge in [-0.15, -0.1) is 0 Å². The van der Waals surface area contributed by atoms with Gasteiger partial charge >= 0.3 is 0 Å². The molecule has 2 heterocycles. The fourth-order valence-electron chi connectivity index (χ4n) is 3.19. The summed E-state index contributed by atoms with van der Waals surface area (Å²) in [7, 11) is 0. The van der Waals surface area contributed by atoms with Crippen LogP contribution in [-0.4, -0.2) is 60.5 Å². The van der Waals surface area contributed by atoms with E-state index in [-0.39, 0.29) is 11.8 Å². The van der Waals surface area contributed by atoms with Crippen LogP contribution in [0.3, 0.4) is 0 Å². The minimum absolute atomic E-state index is 0.231. The van der Waals surface area contributed by atoms with Crippen LogP contribution < -0.4 is 0 Å². The van der Waals surface area contributed by atoms with Gasteiger partial charge in [-0.1, -0.05) is 0 Å². The third kappa shape index (κ3) is 4.99. The fourth-order valence-corrected chi connectivity index (χ4v) is 3.19. The Morgan fingerprint density at radius 3 is 2.67 bits per heavy atom. The molecule has 0 atom stereocenters. The molecule has 2 aliphatic rings. The molecule has 2 aliphatic heterocycles. The molecule has 5 nitrogen and oxygen atoms in total. The Labute approximate surface area is 127 Å². The summed E-state index contributed by atoms with van der Waals surface area (Å²) >= 11 is 0. The van der Waals surface area contributed by atoms with Crippen molar-refractivity contribution in [3.8, 4) is 0 Å². The zero-order valence-corrected chi connectivity index (χ0v) is 13.2. The molecule has 0 spiro atoms. The summed E-state index contributed by atoms with van der Waals surface area (Å²) in [6.45, 7) is 5.99. The van der Waals surface area contributed by atoms with Crippen molar-refractivity contribution in [1.82, 2.24) is 9.80 Å². The molecular formula is C16H28N2O3. The summed E-state index contributed by atoms with van der Waals surface area (Å²) in [5.41, 5.74) is 0. The number of carbonyl (C=O) groups is 2. The van der Waals surface area contributed by atoms with Gasteiger partial charge in [0.2, 0.25) is 11.8 Å². The van der Waals surface area contributed by atoms with Gasteiger partial charge in [-0.2, -0.15) is 0 Å². The quantitative estimate of drug-likeness (QED) is 0.751. The van der Waals surface area contributed by atoms with Crippen molar-refractivity contribution in [2.75, 3.05) is 32.8 Å². The number of likely N-dealkylation sites (tertiary alicyclic amines) is 2. The summed E-state index contributed by atoms with van der Waals surface area (Å²) < 4.78 is 5.60. The number of ether oxygens (including phenoxy) is 1. The van der Waals surface area contributed by atoms with Crippen LogP contribution in [0.2, 0.25) is 0 Å². The van der Waals surface area contributed by atoms with Crippen molar-refractivity contribution >= 4 is 11.8 Å². The minimum Gasteiger partial charge on any atom is -0.378 e. The van der Waals surface area contributed by atoms with Crippen LogP contribution in [0.15, 0.2) is 0 Å². The van der Waals surface area contributed by atoms with Crippen LogP contribution in [0.1, 0.15) is 51.9 Å². The van der Waals surface area contributed by atoms with Crippen molar-refractivity contribution in [1.29, 1.82) is 0 Å². The largest absolute Gasteiger partial charge is 0.378 e. The Bertz CT molecular complexity index is 351. The molecule has 120 valence electrons. The summed E-state index contributed by atoms with van der Waals surface area (Å²) in [6, 6.07) is 0. The van der Waals surface area contributed by atoms with Gasteiger partial charge < -0.3 is 14.5 Å². The van der Waals surface area contributed by atoms with E-state index in [1.54, 1.807) is 0 Å². The van der Waals surface area contributed by atoms with Crippen molar-refractivity contribution < 1.29 is 14.3 Å². The van der Waals surface area contributed by atoms with Crippen LogP contribution >= 0.6 is 0 Å². The van der Waals surface area contributed by atoms with Gasteiger partial charge in [-0.25, -0.2) is 0 Å². The second kappa shape index (κ2) is 8.37. The first kappa shape index (κ1) is 16.3. The average molecular weight is 296 g/mol. The summed E-state index contributed by atoms with van der Waals surface area (Å²) in [5.74, 6) is 0.487. The SMILES string of the molecule is CCOC1CCN(C(=O)CCCN2CCCCC2=O)CC1. The Kier molecular flexibility index (Phi) is 6.49. The zero-order valence-electron chi connectivity index (χ0n) is 13.2. The molecule has 2 rings (SSSR count). The summed E-state index contributed by atoms with van der Waals surface area (Å²) in [4.78, 5) is 27.7. The molecule has 0 saturated carbocycles. The highest BCUT2D eigenvalue weighted by Crippen LogP contribution is 2.16. The van der Waals surface area contributed by atoms with E-state index in [9.17, 15) is 9.59 Å². The lowest BCUT2D eigenvalue weighted by Crippen LogP contribution is -2.41. The molecule has 0 aromatic rings. The number of piperidine rings is 2. The van der Waals surface area contributed by atoms with Crippen LogP contribution in [0.4, 0.5) is 0 Å². The van der Waals surface area contributed by atoms with Crippen molar-refractivity contribution in [2.45, 2.75) is 58.0 Å². The van der Waals surface area contributed by atoms with E-state index in [4.69, 9.17) is 4.74 Å². The maximum Gasteiger partial charge on any atom is 0.222 e. The highest BCUT2D eigenvalue weighted by molar-refractivity contribution is 5.77. The number of rotatable bonds is 6. The topological polar surface area (TPSA) is 49.9 Å². The third-order valence-electron chi connectivity index (χ3n) is 4.44. The predicted octanol–water partition coefficient (Wildman–Crippen LogP) is 1.81. The maximum absolute atomic E-state index is 12.2. The lowest BCUT2D eigenvalue weighted by atomic mass is 10.1. The first-order valence-corrected chi connectivity index (χ1v) is 8.38. The molecule has 2 fully saturated rings. The Hall–Kier alpha value is -1.10. The highest BCUT2D eigenvalue weighted by Gasteiger charge is 2.23. The molecule has 5 heteroatoms. The van der Waals surface area contributed by atoms with E-state index >= 15 is 0 Å². The highest BCUT2D eigenvalue weighted by atomic mass is 16.5. The van der Waals surface area contributed by atoms with E-state index in [1.807, 2.05) is 16.7 Å². The lowest BCUT2D eigenvalue weighted by molar-refractivity contribution is -0.136. The first-order valence-electron chi connectivity index (χ1n) is 8.38. The molecule has 2 amide bonds. The summed E-state index contributed by atoms with van der Waals surface area (Å²) in [5, 5.41) is 0. The van der Waals surface area contributed by atoms with E-state index < -0.39 is 0 Å². The Morgan fingerprint density at radius 1 is 1.24 bits per heavy atom. The van der Waals surface area contributed by atoms with Crippen molar-refractivity contribution in [3.63, 3.8) is 0 Å². The smallest absolute Gasteiger partial charge is 0.222 e. The van der Waals surface area contributed by atoms with Crippen LogP contribution in [-0.2, 0) is 14.3 Å². The van der Waals surface area contributed by atoms with Crippen LogP contribution in [0.5, 0.6) is 0 Å². The number of carbonyl (C=O) groups excluding carboxylic acids is 2.